The maximum atomic E-state index is 13.8. The first-order valence-electron chi connectivity index (χ1n) is 10.1. The Morgan fingerprint density at radius 2 is 1.57 bits per heavy atom. The Balaban J connectivity index is 1.39. The number of aryl methyl sites for hydroxylation is 2. The first-order valence-corrected chi connectivity index (χ1v) is 10.1. The number of nitrogens with one attached hydrogen (secondary N) is 1. The highest BCUT2D eigenvalue weighted by molar-refractivity contribution is 5.94. The highest BCUT2D eigenvalue weighted by Gasteiger charge is 2.26. The molecule has 0 atom stereocenters. The Hall–Kier alpha value is -3.22. The molecule has 6 nitrogen and oxygen atoms in total. The molecule has 2 aromatic rings. The molecule has 0 aliphatic carbocycles. The third kappa shape index (κ3) is 5.65. The van der Waals surface area contributed by atoms with E-state index in [0.717, 1.165) is 5.56 Å². The van der Waals surface area contributed by atoms with Crippen molar-refractivity contribution >= 4 is 17.7 Å². The second kappa shape index (κ2) is 10.0. The third-order valence-electron chi connectivity index (χ3n) is 5.22. The fraction of sp³-hybridized carbons (Fsp3) is 0.348. The molecule has 0 radical (unpaired) electrons. The van der Waals surface area contributed by atoms with Crippen LogP contribution in [0.1, 0.15) is 27.9 Å². The van der Waals surface area contributed by atoms with Crippen LogP contribution in [0.25, 0.3) is 0 Å². The standard InChI is InChI=1S/C23H26FN3O3/c1-17-6-8-18(9-7-17)10-11-21(28)25-16-22(29)26-12-14-27(15-13-26)23(30)19-4-2-3-5-20(19)24/h2-9H,10-16H2,1H3,(H,25,28). The zero-order valence-corrected chi connectivity index (χ0v) is 17.1. The molecule has 1 aliphatic rings. The van der Waals surface area contributed by atoms with Crippen molar-refractivity contribution in [1.82, 2.24) is 15.1 Å². The van der Waals surface area contributed by atoms with Crippen molar-refractivity contribution in [2.45, 2.75) is 19.8 Å². The molecule has 1 N–H and O–H groups in total. The van der Waals surface area contributed by atoms with Gasteiger partial charge in [-0.25, -0.2) is 4.39 Å². The highest BCUT2D eigenvalue weighted by Crippen LogP contribution is 2.12. The fourth-order valence-corrected chi connectivity index (χ4v) is 3.35. The van der Waals surface area contributed by atoms with Crippen LogP contribution >= 0.6 is 0 Å². The molecule has 7 heteroatoms. The van der Waals surface area contributed by atoms with Gasteiger partial charge in [0.1, 0.15) is 5.82 Å². The van der Waals surface area contributed by atoms with Gasteiger partial charge in [-0.1, -0.05) is 42.0 Å². The van der Waals surface area contributed by atoms with E-state index in [-0.39, 0.29) is 29.8 Å². The van der Waals surface area contributed by atoms with Crippen LogP contribution < -0.4 is 5.32 Å². The van der Waals surface area contributed by atoms with Gasteiger partial charge < -0.3 is 15.1 Å². The van der Waals surface area contributed by atoms with Crippen LogP contribution in [-0.4, -0.2) is 60.2 Å². The van der Waals surface area contributed by atoms with Gasteiger partial charge in [0.05, 0.1) is 12.1 Å². The molecule has 3 rings (SSSR count). The molecule has 30 heavy (non-hydrogen) atoms. The molecule has 1 aliphatic heterocycles. The molecule has 1 fully saturated rings. The zero-order chi connectivity index (χ0) is 21.5. The maximum Gasteiger partial charge on any atom is 0.256 e. The van der Waals surface area contributed by atoms with E-state index in [1.165, 1.54) is 23.8 Å². The zero-order valence-electron chi connectivity index (χ0n) is 17.1. The van der Waals surface area contributed by atoms with Crippen molar-refractivity contribution < 1.29 is 18.8 Å². The Bertz CT molecular complexity index is 906. The van der Waals surface area contributed by atoms with Gasteiger partial charge in [-0.05, 0) is 31.0 Å². The molecule has 0 unspecified atom stereocenters. The molecule has 158 valence electrons. The van der Waals surface area contributed by atoms with E-state index in [4.69, 9.17) is 0 Å². The molecule has 0 bridgehead atoms. The Morgan fingerprint density at radius 1 is 0.933 bits per heavy atom. The number of rotatable bonds is 6. The van der Waals surface area contributed by atoms with E-state index in [1.54, 1.807) is 15.9 Å². The van der Waals surface area contributed by atoms with Gasteiger partial charge in [0, 0.05) is 32.6 Å². The van der Waals surface area contributed by atoms with E-state index in [0.29, 0.717) is 39.0 Å². The van der Waals surface area contributed by atoms with Crippen molar-refractivity contribution in [3.8, 4) is 0 Å². The van der Waals surface area contributed by atoms with Gasteiger partial charge in [0.2, 0.25) is 11.8 Å². The molecular formula is C23H26FN3O3. The van der Waals surface area contributed by atoms with Crippen LogP contribution in [0, 0.1) is 12.7 Å². The second-order valence-electron chi connectivity index (χ2n) is 7.42. The summed E-state index contributed by atoms with van der Waals surface area (Å²) in [4.78, 5) is 40.0. The summed E-state index contributed by atoms with van der Waals surface area (Å²) in [5.74, 6) is -1.27. The van der Waals surface area contributed by atoms with Gasteiger partial charge in [-0.3, -0.25) is 14.4 Å². The van der Waals surface area contributed by atoms with Gasteiger partial charge in [-0.15, -0.1) is 0 Å². The summed E-state index contributed by atoms with van der Waals surface area (Å²) in [5, 5.41) is 2.67. The van der Waals surface area contributed by atoms with Crippen LogP contribution in [-0.2, 0) is 16.0 Å². The highest BCUT2D eigenvalue weighted by atomic mass is 19.1. The van der Waals surface area contributed by atoms with E-state index in [9.17, 15) is 18.8 Å². The van der Waals surface area contributed by atoms with E-state index in [2.05, 4.69) is 5.32 Å². The fourth-order valence-electron chi connectivity index (χ4n) is 3.35. The minimum atomic E-state index is -0.547. The Kier molecular flexibility index (Phi) is 7.17. The normalized spacial score (nSPS) is 13.8. The number of hydrogen-bond acceptors (Lipinski definition) is 3. The quantitative estimate of drug-likeness (QED) is 0.792. The molecule has 2 aromatic carbocycles. The summed E-state index contributed by atoms with van der Waals surface area (Å²) in [6.07, 6.45) is 0.943. The predicted molar refractivity (Wildman–Crippen MR) is 111 cm³/mol. The summed E-state index contributed by atoms with van der Waals surface area (Å²) >= 11 is 0. The topological polar surface area (TPSA) is 69.7 Å². The molecule has 1 heterocycles. The van der Waals surface area contributed by atoms with Crippen LogP contribution in [0.3, 0.4) is 0 Å². The molecular weight excluding hydrogens is 385 g/mol. The lowest BCUT2D eigenvalue weighted by molar-refractivity contribution is -0.134. The predicted octanol–water partition coefficient (Wildman–Crippen LogP) is 2.17. The number of amides is 3. The van der Waals surface area contributed by atoms with Gasteiger partial charge in [-0.2, -0.15) is 0 Å². The number of piperazine rings is 1. The van der Waals surface area contributed by atoms with E-state index >= 15 is 0 Å². The Morgan fingerprint density at radius 3 is 2.23 bits per heavy atom. The van der Waals surface area contributed by atoms with Crippen molar-refractivity contribution in [1.29, 1.82) is 0 Å². The summed E-state index contributed by atoms with van der Waals surface area (Å²) < 4.78 is 13.8. The summed E-state index contributed by atoms with van der Waals surface area (Å²) in [6.45, 7) is 3.34. The largest absolute Gasteiger partial charge is 0.347 e. The average Bonchev–Trinajstić information content (AvgIpc) is 2.77. The van der Waals surface area contributed by atoms with Crippen LogP contribution in [0.5, 0.6) is 0 Å². The molecule has 0 saturated carbocycles. The smallest absolute Gasteiger partial charge is 0.256 e. The number of hydrogen-bond donors (Lipinski definition) is 1. The SMILES string of the molecule is Cc1ccc(CCC(=O)NCC(=O)N2CCN(C(=O)c3ccccc3F)CC2)cc1. The van der Waals surface area contributed by atoms with Gasteiger partial charge in [0.25, 0.3) is 5.91 Å². The number of benzene rings is 2. The maximum absolute atomic E-state index is 13.8. The number of halogens is 1. The monoisotopic (exact) mass is 411 g/mol. The van der Waals surface area contributed by atoms with Crippen LogP contribution in [0.15, 0.2) is 48.5 Å². The lowest BCUT2D eigenvalue weighted by Gasteiger charge is -2.35. The van der Waals surface area contributed by atoms with Crippen molar-refractivity contribution in [2.75, 3.05) is 32.7 Å². The lowest BCUT2D eigenvalue weighted by atomic mass is 10.1. The molecule has 1 saturated heterocycles. The molecule has 0 spiro atoms. The summed E-state index contributed by atoms with van der Waals surface area (Å²) in [5.41, 5.74) is 2.29. The van der Waals surface area contributed by atoms with Crippen molar-refractivity contribution in [3.05, 3.63) is 71.0 Å². The van der Waals surface area contributed by atoms with Crippen molar-refractivity contribution in [2.24, 2.45) is 0 Å². The van der Waals surface area contributed by atoms with Crippen LogP contribution in [0.2, 0.25) is 0 Å². The number of nitrogens with zero attached hydrogens (tertiary/aromatic N) is 2. The first-order chi connectivity index (χ1) is 14.4. The summed E-state index contributed by atoms with van der Waals surface area (Å²) in [7, 11) is 0. The van der Waals surface area contributed by atoms with Gasteiger partial charge in [0.15, 0.2) is 0 Å². The molecule has 0 aromatic heterocycles. The van der Waals surface area contributed by atoms with E-state index < -0.39 is 5.82 Å². The van der Waals surface area contributed by atoms with E-state index in [1.807, 2.05) is 31.2 Å². The minimum absolute atomic E-state index is 0.0399. The van der Waals surface area contributed by atoms with Crippen LogP contribution in [0.4, 0.5) is 4.39 Å². The average molecular weight is 411 g/mol. The first kappa shape index (κ1) is 21.5. The second-order valence-corrected chi connectivity index (χ2v) is 7.42. The number of carbonyl (C=O) groups excluding carboxylic acids is 3. The van der Waals surface area contributed by atoms with Gasteiger partial charge >= 0.3 is 0 Å². The number of carbonyl (C=O) groups is 3. The summed E-state index contributed by atoms with van der Waals surface area (Å²) in [6, 6.07) is 13.9. The van der Waals surface area contributed by atoms with Crippen molar-refractivity contribution in [3.63, 3.8) is 0 Å². The minimum Gasteiger partial charge on any atom is -0.347 e. The molecule has 3 amide bonds. The third-order valence-corrected chi connectivity index (χ3v) is 5.22. The lowest BCUT2D eigenvalue weighted by Crippen LogP contribution is -2.52. The Labute approximate surface area is 175 Å².